The van der Waals surface area contributed by atoms with E-state index in [9.17, 15) is 4.79 Å². The number of aliphatic carboxylic acids is 1. The molecule has 5 nitrogen and oxygen atoms in total. The van der Waals surface area contributed by atoms with Crippen LogP contribution < -0.4 is 5.32 Å². The third kappa shape index (κ3) is 2.89. The fraction of sp³-hybridized carbons (Fsp3) is 0.571. The Balaban J connectivity index is 1.96. The lowest BCUT2D eigenvalue weighted by molar-refractivity contribution is -0.136. The number of carbonyl (C=O) groups is 1. The standard InChI is InChI=1S/C7H11NO4/c1-2-11-7-6(12-7)8-4-3-5(9)10/h2,6-8H,1,3-4H2,(H,9,10). The summed E-state index contributed by atoms with van der Waals surface area (Å²) in [6, 6.07) is 0. The minimum Gasteiger partial charge on any atom is -0.481 e. The van der Waals surface area contributed by atoms with Gasteiger partial charge in [0.1, 0.15) is 0 Å². The third-order valence-electron chi connectivity index (χ3n) is 1.37. The van der Waals surface area contributed by atoms with Crippen LogP contribution in [0.1, 0.15) is 6.42 Å². The van der Waals surface area contributed by atoms with Gasteiger partial charge in [-0.25, -0.2) is 0 Å². The SMILES string of the molecule is C=COC1OC1NCCC(=O)O. The van der Waals surface area contributed by atoms with Gasteiger partial charge in [0.05, 0.1) is 12.7 Å². The molecule has 1 rings (SSSR count). The maximum absolute atomic E-state index is 10.1. The van der Waals surface area contributed by atoms with Gasteiger partial charge in [-0.05, 0) is 0 Å². The quantitative estimate of drug-likeness (QED) is 0.433. The van der Waals surface area contributed by atoms with Crippen LogP contribution in [0.5, 0.6) is 0 Å². The Hall–Kier alpha value is -1.07. The predicted molar refractivity (Wildman–Crippen MR) is 40.2 cm³/mol. The maximum atomic E-state index is 10.1. The average Bonchev–Trinajstić information content (AvgIpc) is 2.68. The van der Waals surface area contributed by atoms with Crippen LogP contribution in [0.2, 0.25) is 0 Å². The second-order valence-electron chi connectivity index (χ2n) is 2.33. The van der Waals surface area contributed by atoms with E-state index in [1.807, 2.05) is 0 Å². The molecule has 0 radical (unpaired) electrons. The number of ether oxygens (including phenoxy) is 2. The number of carboxylic acid groups (broad SMARTS) is 1. The van der Waals surface area contributed by atoms with Crippen LogP contribution in [0.3, 0.4) is 0 Å². The zero-order valence-corrected chi connectivity index (χ0v) is 6.53. The number of hydrogen-bond donors (Lipinski definition) is 2. The summed E-state index contributed by atoms with van der Waals surface area (Å²) in [5.41, 5.74) is 0. The molecular formula is C7H11NO4. The molecule has 2 unspecified atom stereocenters. The average molecular weight is 173 g/mol. The van der Waals surface area contributed by atoms with Gasteiger partial charge in [0.25, 0.3) is 0 Å². The Morgan fingerprint density at radius 2 is 2.58 bits per heavy atom. The number of carboxylic acids is 1. The van der Waals surface area contributed by atoms with E-state index in [0.29, 0.717) is 6.54 Å². The van der Waals surface area contributed by atoms with Gasteiger partial charge in [-0.2, -0.15) is 0 Å². The first-order valence-corrected chi connectivity index (χ1v) is 3.61. The monoisotopic (exact) mass is 173 g/mol. The van der Waals surface area contributed by atoms with Crippen molar-refractivity contribution in [3.63, 3.8) is 0 Å². The molecule has 0 bridgehead atoms. The van der Waals surface area contributed by atoms with Crippen molar-refractivity contribution in [2.45, 2.75) is 18.9 Å². The fourth-order valence-electron chi connectivity index (χ4n) is 0.763. The maximum Gasteiger partial charge on any atom is 0.304 e. The molecule has 1 heterocycles. The molecule has 5 heteroatoms. The van der Waals surface area contributed by atoms with Crippen LogP contribution in [0, 0.1) is 0 Å². The lowest BCUT2D eigenvalue weighted by Gasteiger charge is -1.96. The second kappa shape index (κ2) is 4.08. The van der Waals surface area contributed by atoms with Gasteiger partial charge in [-0.1, -0.05) is 6.58 Å². The van der Waals surface area contributed by atoms with Gasteiger partial charge in [-0.15, -0.1) is 0 Å². The lowest BCUT2D eigenvalue weighted by atomic mass is 10.4. The van der Waals surface area contributed by atoms with Crippen LogP contribution >= 0.6 is 0 Å². The molecule has 2 N–H and O–H groups in total. The Kier molecular flexibility index (Phi) is 3.07. The van der Waals surface area contributed by atoms with E-state index in [1.54, 1.807) is 0 Å². The van der Waals surface area contributed by atoms with E-state index in [1.165, 1.54) is 6.26 Å². The first kappa shape index (κ1) is 9.02. The van der Waals surface area contributed by atoms with Crippen molar-refractivity contribution in [1.29, 1.82) is 0 Å². The zero-order valence-electron chi connectivity index (χ0n) is 6.53. The topological polar surface area (TPSA) is 71.1 Å². The first-order valence-electron chi connectivity index (χ1n) is 3.61. The molecule has 0 spiro atoms. The van der Waals surface area contributed by atoms with Gasteiger partial charge < -0.3 is 14.6 Å². The Bertz CT molecular complexity index is 182. The van der Waals surface area contributed by atoms with Crippen LogP contribution in [-0.2, 0) is 14.3 Å². The van der Waals surface area contributed by atoms with Crippen molar-refractivity contribution in [3.8, 4) is 0 Å². The molecule has 0 aromatic rings. The molecule has 1 aliphatic rings. The molecule has 2 atom stereocenters. The van der Waals surface area contributed by atoms with E-state index in [-0.39, 0.29) is 18.9 Å². The van der Waals surface area contributed by atoms with E-state index in [0.717, 1.165) is 0 Å². The van der Waals surface area contributed by atoms with E-state index in [4.69, 9.17) is 14.6 Å². The number of hydrogen-bond acceptors (Lipinski definition) is 4. The van der Waals surface area contributed by atoms with Crippen molar-refractivity contribution in [2.24, 2.45) is 0 Å². The highest BCUT2D eigenvalue weighted by Crippen LogP contribution is 2.19. The molecule has 68 valence electrons. The molecule has 1 saturated heterocycles. The number of rotatable bonds is 6. The highest BCUT2D eigenvalue weighted by atomic mass is 16.8. The van der Waals surface area contributed by atoms with Crippen molar-refractivity contribution in [1.82, 2.24) is 5.32 Å². The lowest BCUT2D eigenvalue weighted by Crippen LogP contribution is -2.23. The van der Waals surface area contributed by atoms with Gasteiger partial charge >= 0.3 is 5.97 Å². The molecule has 1 aliphatic heterocycles. The zero-order chi connectivity index (χ0) is 8.97. The van der Waals surface area contributed by atoms with Crippen molar-refractivity contribution >= 4 is 5.97 Å². The van der Waals surface area contributed by atoms with Gasteiger partial charge in [0.15, 0.2) is 6.23 Å². The van der Waals surface area contributed by atoms with Crippen molar-refractivity contribution in [2.75, 3.05) is 6.54 Å². The Labute approximate surface area is 70.0 Å². The van der Waals surface area contributed by atoms with Gasteiger partial charge in [-0.3, -0.25) is 10.1 Å². The Morgan fingerprint density at radius 3 is 3.17 bits per heavy atom. The van der Waals surface area contributed by atoms with Gasteiger partial charge in [0.2, 0.25) is 6.29 Å². The highest BCUT2D eigenvalue weighted by molar-refractivity contribution is 5.66. The largest absolute Gasteiger partial charge is 0.481 e. The number of epoxide rings is 1. The normalized spacial score (nSPS) is 26.3. The minimum atomic E-state index is -0.829. The summed E-state index contributed by atoms with van der Waals surface area (Å²) in [6.45, 7) is 3.75. The predicted octanol–water partition coefficient (Wildman–Crippen LogP) is -0.107. The Morgan fingerprint density at radius 1 is 1.83 bits per heavy atom. The molecule has 12 heavy (non-hydrogen) atoms. The third-order valence-corrected chi connectivity index (χ3v) is 1.37. The van der Waals surface area contributed by atoms with Crippen LogP contribution in [0.25, 0.3) is 0 Å². The second-order valence-corrected chi connectivity index (χ2v) is 2.33. The molecule has 0 aliphatic carbocycles. The van der Waals surface area contributed by atoms with Crippen LogP contribution in [0.15, 0.2) is 12.8 Å². The van der Waals surface area contributed by atoms with Crippen molar-refractivity contribution in [3.05, 3.63) is 12.8 Å². The van der Waals surface area contributed by atoms with Gasteiger partial charge in [0, 0.05) is 6.54 Å². The fourth-order valence-corrected chi connectivity index (χ4v) is 0.763. The molecule has 0 aromatic carbocycles. The summed E-state index contributed by atoms with van der Waals surface area (Å²) in [6.07, 6.45) is 0.906. The van der Waals surface area contributed by atoms with Crippen LogP contribution in [0.4, 0.5) is 0 Å². The molecular weight excluding hydrogens is 162 g/mol. The van der Waals surface area contributed by atoms with E-state index in [2.05, 4.69) is 11.9 Å². The van der Waals surface area contributed by atoms with E-state index >= 15 is 0 Å². The summed E-state index contributed by atoms with van der Waals surface area (Å²) >= 11 is 0. The molecule has 1 fully saturated rings. The smallest absolute Gasteiger partial charge is 0.304 e. The molecule has 0 saturated carbocycles. The summed E-state index contributed by atoms with van der Waals surface area (Å²) < 4.78 is 9.80. The first-order chi connectivity index (χ1) is 5.74. The van der Waals surface area contributed by atoms with Crippen LogP contribution in [-0.4, -0.2) is 30.1 Å². The summed E-state index contributed by atoms with van der Waals surface area (Å²) in [5.74, 6) is -0.829. The highest BCUT2D eigenvalue weighted by Gasteiger charge is 2.40. The molecule has 0 aromatic heterocycles. The summed E-state index contributed by atoms with van der Waals surface area (Å²) in [7, 11) is 0. The molecule has 0 amide bonds. The minimum absolute atomic E-state index is 0.0840. The van der Waals surface area contributed by atoms with Crippen molar-refractivity contribution < 1.29 is 19.4 Å². The number of nitrogens with one attached hydrogen (secondary N) is 1. The summed E-state index contributed by atoms with van der Waals surface area (Å²) in [5, 5.41) is 11.1. The van der Waals surface area contributed by atoms with E-state index < -0.39 is 5.97 Å². The summed E-state index contributed by atoms with van der Waals surface area (Å²) in [4.78, 5) is 10.1.